The second kappa shape index (κ2) is 29.5. The van der Waals surface area contributed by atoms with Gasteiger partial charge in [-0.1, -0.05) is 0 Å². The zero-order valence-corrected chi connectivity index (χ0v) is 19.4. The molecule has 0 aromatic rings. The Morgan fingerprint density at radius 3 is 0.588 bits per heavy atom. The molecule has 0 aliphatic rings. The minimum Gasteiger partial charge on any atom is -1.00 e. The largest absolute Gasteiger partial charge is 3.00 e. The van der Waals surface area contributed by atoms with Crippen LogP contribution in [0, 0.1) is 0 Å². The van der Waals surface area contributed by atoms with Crippen molar-refractivity contribution in [1.82, 2.24) is 0 Å². The van der Waals surface area contributed by atoms with Gasteiger partial charge in [-0.25, -0.2) is 0 Å². The van der Waals surface area contributed by atoms with Gasteiger partial charge in [0.05, 0.1) is 0 Å². The van der Waals surface area contributed by atoms with Crippen LogP contribution < -0.4 is 175 Å². The normalized spacial score (nSPS) is 6.94. The molecule has 0 aromatic heterocycles. The summed E-state index contributed by atoms with van der Waals surface area (Å²) < 4.78 is 17.1. The van der Waals surface area contributed by atoms with E-state index in [2.05, 4.69) is 0 Å². The Kier molecular flexibility index (Phi) is 99.1. The molecule has 0 fully saturated rings. The third-order valence-corrected chi connectivity index (χ3v) is 0. The number of hydrogen-bond donors (Lipinski definition) is 0. The van der Waals surface area contributed by atoms with Gasteiger partial charge in [-0.2, -0.15) is 15.6 Å². The Balaban J connectivity index is -0.00000000427. The Hall–Kier alpha value is 5.53. The summed E-state index contributed by atoms with van der Waals surface area (Å²) in [5.41, 5.74) is 0. The third-order valence-electron chi connectivity index (χ3n) is 0. The van der Waals surface area contributed by atoms with Gasteiger partial charge in [0, 0.05) is 0 Å². The summed E-state index contributed by atoms with van der Waals surface area (Å²) in [6, 6.07) is 0. The van der Waals surface area contributed by atoms with Crippen LogP contribution in [0.15, 0.2) is 0 Å². The molecule has 8 nitrogen and oxygen atoms in total. The van der Waals surface area contributed by atoms with Crippen LogP contribution in [-0.2, 0) is 26.2 Å². The van der Waals surface area contributed by atoms with Crippen molar-refractivity contribution in [2.75, 3.05) is 0 Å². The minimum absolute atomic E-state index is 0. The zero-order valence-electron chi connectivity index (χ0n) is 13.5. The maximum Gasteiger partial charge on any atom is 3.00 e. The molecule has 0 rings (SSSR count). The summed E-state index contributed by atoms with van der Waals surface area (Å²) in [7, 11) is -10.8. The molecule has 0 spiro atoms. The van der Waals surface area contributed by atoms with E-state index < -0.39 is 15.6 Å². The van der Waals surface area contributed by atoms with Crippen LogP contribution in [0.2, 0.25) is 0 Å². The van der Waals surface area contributed by atoms with Crippen molar-refractivity contribution in [1.29, 1.82) is 0 Å². The molecule has 0 aromatic carbocycles. The van der Waals surface area contributed by atoms with E-state index in [1.54, 1.807) is 0 Å². The van der Waals surface area contributed by atoms with E-state index in [1.165, 1.54) is 0 Å². The maximum absolute atomic E-state index is 8.55. The molecule has 0 atom stereocenters. The van der Waals surface area contributed by atoms with Crippen LogP contribution in [0.25, 0.3) is 0 Å². The van der Waals surface area contributed by atoms with E-state index >= 15 is 0 Å². The quantitative estimate of drug-likeness (QED) is 0.309. The molecule has 0 aliphatic heterocycles. The molecule has 0 saturated heterocycles. The molecule has 17 heteroatoms. The summed E-state index contributed by atoms with van der Waals surface area (Å²) in [4.78, 5) is 51.3. The number of hydrogen-bond acceptors (Lipinski definition) is 8. The molecular weight excluding hydrogens is 336 g/mol. The van der Waals surface area contributed by atoms with E-state index in [0.717, 1.165) is 0 Å². The molecule has 0 amide bonds. The monoisotopic (exact) mass is 339 g/mol. The molecule has 0 saturated carbocycles. The molecule has 0 N–H and O–H groups in total. The van der Waals surface area contributed by atoms with Crippen molar-refractivity contribution < 1.29 is 205 Å². The summed E-state index contributed by atoms with van der Waals surface area (Å²) in [5, 5.41) is 0. The summed E-state index contributed by atoms with van der Waals surface area (Å²) in [6.45, 7) is 0. The van der Waals surface area contributed by atoms with Crippen LogP contribution >= 0.6 is 15.6 Å². The minimum atomic E-state index is -5.39. The van der Waals surface area contributed by atoms with Gasteiger partial charge in [-0.3, -0.25) is 0 Å². The molecule has 0 bridgehead atoms. The fourth-order valence-electron chi connectivity index (χ4n) is 0. The van der Waals surface area contributed by atoms with Crippen LogP contribution in [0.3, 0.4) is 0 Å². The van der Waals surface area contributed by atoms with Crippen molar-refractivity contribution in [2.24, 2.45) is 0 Å². The van der Waals surface area contributed by atoms with Crippen molar-refractivity contribution in [3.8, 4) is 0 Å². The smallest absolute Gasteiger partial charge is 1.00 e. The first-order valence-electron chi connectivity index (χ1n) is 1.46. The van der Waals surface area contributed by atoms with Gasteiger partial charge in [0.1, 0.15) is 0 Å². The van der Waals surface area contributed by atoms with Gasteiger partial charge in [0.15, 0.2) is 0 Å². The van der Waals surface area contributed by atoms with Crippen LogP contribution in [-0.4, -0.2) is 0 Å². The van der Waals surface area contributed by atoms with Crippen molar-refractivity contribution in [2.45, 2.75) is 0 Å². The van der Waals surface area contributed by atoms with Crippen LogP contribution in [0.4, 0.5) is 0 Å². The molecule has 1 radical (unpaired) electrons. The molecule has 0 heterocycles. The van der Waals surface area contributed by atoms with Crippen molar-refractivity contribution >= 4 is 15.6 Å². The molecule has 75 valence electrons. The summed E-state index contributed by atoms with van der Waals surface area (Å²) in [5.74, 6) is 0. The van der Waals surface area contributed by atoms with E-state index in [0.29, 0.717) is 0 Å². The number of phosphoric acid groups is 2. The second-order valence-electron chi connectivity index (χ2n) is 0.894. The van der Waals surface area contributed by atoms with Crippen LogP contribution in [0.5, 0.6) is 0 Å². The topological polar surface area (TPSA) is 172 Å². The molecule has 0 aliphatic carbocycles. The predicted octanol–water partition coefficient (Wildman–Crippen LogP) is -23.3. The number of rotatable bonds is 0. The Morgan fingerprint density at radius 1 is 0.588 bits per heavy atom. The fraction of sp³-hybridized carbons (Fsp3) is 0. The van der Waals surface area contributed by atoms with E-state index in [4.69, 9.17) is 38.5 Å². The summed E-state index contributed by atoms with van der Waals surface area (Å²) >= 11 is 0. The first-order valence-corrected chi connectivity index (χ1v) is 4.38. The van der Waals surface area contributed by atoms with Crippen molar-refractivity contribution in [3.63, 3.8) is 0 Å². The fourth-order valence-corrected chi connectivity index (χ4v) is 0. The first-order chi connectivity index (χ1) is 4.00. The first kappa shape index (κ1) is 57.0. The average Bonchev–Trinajstić information content (AvgIpc) is 1.12. The maximum atomic E-state index is 8.55. The SMILES string of the molecule is O=P([O-])([O-])[O-].O=P([O-])([O-])[O-].[Fe+3].[H-].[H-].[H-].[Li+].[Li+].[Li+].[Na+].[Na+].[Na+]. The van der Waals surface area contributed by atoms with Gasteiger partial charge in [-0.05, 0) is 0 Å². The Bertz CT molecular complexity index is 159. The van der Waals surface area contributed by atoms with Gasteiger partial charge in [0.25, 0.3) is 0 Å². The molecule has 0 unspecified atom stereocenters. The second-order valence-corrected chi connectivity index (χ2v) is 2.68. The Labute approximate surface area is 216 Å². The summed E-state index contributed by atoms with van der Waals surface area (Å²) in [6.07, 6.45) is 0. The van der Waals surface area contributed by atoms with Gasteiger partial charge in [0.2, 0.25) is 0 Å². The Morgan fingerprint density at radius 2 is 0.588 bits per heavy atom. The predicted molar refractivity (Wildman–Crippen MR) is 18.5 cm³/mol. The van der Waals surface area contributed by atoms with Crippen molar-refractivity contribution in [3.05, 3.63) is 0 Å². The van der Waals surface area contributed by atoms with E-state index in [1.807, 2.05) is 0 Å². The molecular formula is H3FeLi3Na3O8P2. The standard InChI is InChI=1S/Fe.3Li.3Na.2H3O4P.3H/c;;;;;;;2*1-5(2,3)4;;;/h;;;;;;;2*(H3,1,2,3,4);;;/q+3;6*+1;;;3*-1/p-6. The van der Waals surface area contributed by atoms with Gasteiger partial charge >= 0.3 is 162 Å². The van der Waals surface area contributed by atoms with Gasteiger partial charge in [-0.15, -0.1) is 0 Å². The zero-order chi connectivity index (χ0) is 9.00. The van der Waals surface area contributed by atoms with E-state index in [-0.39, 0.29) is 167 Å². The van der Waals surface area contributed by atoms with Crippen LogP contribution in [0.1, 0.15) is 4.28 Å². The van der Waals surface area contributed by atoms with Gasteiger partial charge < -0.3 is 42.8 Å². The average molecular weight is 339 g/mol. The van der Waals surface area contributed by atoms with E-state index in [9.17, 15) is 0 Å². The molecule has 17 heavy (non-hydrogen) atoms. The third kappa shape index (κ3) is 268.